The van der Waals surface area contributed by atoms with Gasteiger partial charge in [0.1, 0.15) is 0 Å². The van der Waals surface area contributed by atoms with E-state index in [1.54, 1.807) is 0 Å². The molecule has 0 spiro atoms. The van der Waals surface area contributed by atoms with E-state index >= 15 is 0 Å². The van der Waals surface area contributed by atoms with Gasteiger partial charge in [-0.25, -0.2) is 0 Å². The molecule has 0 radical (unpaired) electrons. The van der Waals surface area contributed by atoms with E-state index in [4.69, 9.17) is 0 Å². The van der Waals surface area contributed by atoms with Crippen LogP contribution in [0, 0.1) is 0 Å². The summed E-state index contributed by atoms with van der Waals surface area (Å²) in [6.07, 6.45) is 0. The van der Waals surface area contributed by atoms with E-state index in [1.807, 2.05) is 0 Å². The molecule has 0 aliphatic carbocycles. The van der Waals surface area contributed by atoms with Crippen molar-refractivity contribution in [2.45, 2.75) is 0 Å². The molecule has 0 aliphatic heterocycles. The maximum atomic E-state index is 3.54. The molecular formula is C2H6Cl2Sn. The summed E-state index contributed by atoms with van der Waals surface area (Å²) in [6, 6.07) is 0. The van der Waals surface area contributed by atoms with Gasteiger partial charge in [-0.3, -0.25) is 0 Å². The zero-order chi connectivity index (χ0) is 2.71. The number of halogens is 2. The zero-order valence-electron chi connectivity index (χ0n) is 2.73. The van der Waals surface area contributed by atoms with Crippen molar-refractivity contribution < 1.29 is 0 Å². The van der Waals surface area contributed by atoms with Crippen LogP contribution in [0.2, 0.25) is 0 Å². The van der Waals surface area contributed by atoms with Gasteiger partial charge < -0.3 is 0 Å². The van der Waals surface area contributed by atoms with Crippen LogP contribution in [-0.4, -0.2) is 29.2 Å². The van der Waals surface area contributed by atoms with Crippen molar-refractivity contribution in [3.05, 3.63) is 0 Å². The summed E-state index contributed by atoms with van der Waals surface area (Å²) in [5.74, 6) is 0. The van der Waals surface area contributed by atoms with Gasteiger partial charge in [0.25, 0.3) is 0 Å². The third kappa shape index (κ3) is 39.8. The normalized spacial score (nSPS) is 1.60. The van der Waals surface area contributed by atoms with E-state index in [9.17, 15) is 0 Å². The van der Waals surface area contributed by atoms with Crippen molar-refractivity contribution in [1.29, 1.82) is 0 Å². The summed E-state index contributed by atoms with van der Waals surface area (Å²) < 4.78 is 7.09. The maximum absolute atomic E-state index is 3.54. The van der Waals surface area contributed by atoms with Crippen molar-refractivity contribution in [2.24, 2.45) is 0 Å². The van der Waals surface area contributed by atoms with Crippen molar-refractivity contribution in [2.75, 3.05) is 0 Å². The fourth-order valence-corrected chi connectivity index (χ4v) is 0. The Morgan fingerprint density at radius 1 is 1.00 bits per heavy atom. The van der Waals surface area contributed by atoms with Crippen molar-refractivity contribution in [3.63, 3.8) is 0 Å². The Balaban J connectivity index is -0.0000000200. The van der Waals surface area contributed by atoms with Crippen molar-refractivity contribution in [3.8, 4) is 0 Å². The first kappa shape index (κ1) is 16.5. The first-order valence-corrected chi connectivity index (χ1v) is 4.74. The fourth-order valence-electron chi connectivity index (χ4n) is 0. The number of rotatable bonds is 0. The quantitative estimate of drug-likeness (QED) is 0.518. The van der Waals surface area contributed by atoms with E-state index in [0.29, 0.717) is 0 Å². The molecule has 0 heterocycles. The molecule has 0 bridgehead atoms. The van der Waals surface area contributed by atoms with E-state index in [1.165, 1.54) is 0 Å². The summed E-state index contributed by atoms with van der Waals surface area (Å²) in [5.41, 5.74) is 0. The van der Waals surface area contributed by atoms with Gasteiger partial charge in [-0.05, 0) is 0 Å². The molecule has 0 nitrogen and oxygen atoms in total. The van der Waals surface area contributed by atoms with Crippen LogP contribution in [0.3, 0.4) is 0 Å². The molecule has 32 valence electrons. The first-order valence-electron chi connectivity index (χ1n) is 0.707. The molecular weight excluding hydrogens is 214 g/mol. The minimum atomic E-state index is -0.270. The monoisotopic (exact) mass is 220 g/mol. The van der Waals surface area contributed by atoms with Crippen LogP contribution in [0.15, 0.2) is 0 Å². The van der Waals surface area contributed by atoms with Crippen LogP contribution >= 0.6 is 24.8 Å². The van der Waals surface area contributed by atoms with Gasteiger partial charge >= 0.3 is 29.2 Å². The Bertz CT molecular complexity index is 28.6. The number of hydrogen-bond acceptors (Lipinski definition) is 0. The van der Waals surface area contributed by atoms with Crippen LogP contribution in [0.1, 0.15) is 0 Å². The average molecular weight is 220 g/mol. The molecule has 0 atom stereocenters. The standard InChI is InChI=1S/2CH2.2ClH.Sn/h2*1H2;2*1H;. The van der Waals surface area contributed by atoms with Crippen LogP contribution in [0.25, 0.3) is 0 Å². The second-order valence-electron chi connectivity index (χ2n) is 0.250. The third-order valence-corrected chi connectivity index (χ3v) is 0. The summed E-state index contributed by atoms with van der Waals surface area (Å²) in [7, 11) is 0. The van der Waals surface area contributed by atoms with E-state index in [2.05, 4.69) is 9.05 Å². The fraction of sp³-hybridized carbons (Fsp3) is 0. The van der Waals surface area contributed by atoms with Crippen molar-refractivity contribution in [1.82, 2.24) is 0 Å². The molecule has 0 saturated carbocycles. The van der Waals surface area contributed by atoms with E-state index < -0.39 is 0 Å². The Labute approximate surface area is 54.0 Å². The molecule has 0 aromatic heterocycles. The van der Waals surface area contributed by atoms with Gasteiger partial charge in [0.05, 0.1) is 0 Å². The first-order chi connectivity index (χ1) is 1.41. The molecule has 0 unspecified atom stereocenters. The molecule has 0 aliphatic rings. The molecule has 0 amide bonds. The summed E-state index contributed by atoms with van der Waals surface area (Å²) >= 11 is -0.270. The predicted molar refractivity (Wildman–Crippen MR) is 34.5 cm³/mol. The van der Waals surface area contributed by atoms with Gasteiger partial charge in [0.2, 0.25) is 0 Å². The molecule has 0 N–H and O–H groups in total. The van der Waals surface area contributed by atoms with Gasteiger partial charge in [-0.15, -0.1) is 24.8 Å². The topological polar surface area (TPSA) is 0 Å². The van der Waals surface area contributed by atoms with E-state index in [0.717, 1.165) is 0 Å². The number of hydrogen-bond donors (Lipinski definition) is 0. The summed E-state index contributed by atoms with van der Waals surface area (Å²) in [5, 5.41) is 0. The Hall–Kier alpha value is 1.12. The van der Waals surface area contributed by atoms with Gasteiger partial charge in [0, 0.05) is 0 Å². The Morgan fingerprint density at radius 3 is 1.00 bits per heavy atom. The van der Waals surface area contributed by atoms with Crippen LogP contribution in [0.4, 0.5) is 0 Å². The molecule has 0 fully saturated rings. The van der Waals surface area contributed by atoms with Crippen LogP contribution in [0.5, 0.6) is 0 Å². The van der Waals surface area contributed by atoms with Gasteiger partial charge in [0.15, 0.2) is 0 Å². The second kappa shape index (κ2) is 19.3. The molecule has 3 heteroatoms. The molecule has 0 rings (SSSR count). The molecule has 5 heavy (non-hydrogen) atoms. The average Bonchev–Trinajstić information content (AvgIpc) is 0.918. The Morgan fingerprint density at radius 2 is 1.00 bits per heavy atom. The van der Waals surface area contributed by atoms with Crippen molar-refractivity contribution >= 4 is 54.1 Å². The molecule has 0 aromatic rings. The Kier molecular flexibility index (Phi) is 63.8. The van der Waals surface area contributed by atoms with Gasteiger partial charge in [-0.1, -0.05) is 0 Å². The minimum absolute atomic E-state index is 0. The second-order valence-corrected chi connectivity index (χ2v) is 1.68. The predicted octanol–water partition coefficient (Wildman–Crippen LogP) is 0.398. The summed E-state index contributed by atoms with van der Waals surface area (Å²) in [4.78, 5) is 0. The molecule has 0 aromatic carbocycles. The van der Waals surface area contributed by atoms with E-state index in [-0.39, 0.29) is 45.0 Å². The SMILES string of the molecule is Cl.Cl.[CH2]=[Sn]=[CH2]. The van der Waals surface area contributed by atoms with Gasteiger partial charge in [-0.2, -0.15) is 0 Å². The van der Waals surface area contributed by atoms with Crippen LogP contribution < -0.4 is 0 Å². The van der Waals surface area contributed by atoms with Crippen LogP contribution in [-0.2, 0) is 0 Å². The zero-order valence-corrected chi connectivity index (χ0v) is 7.22. The third-order valence-electron chi connectivity index (χ3n) is 0. The molecule has 0 saturated heterocycles. The summed E-state index contributed by atoms with van der Waals surface area (Å²) in [6.45, 7) is 0.